The molecule has 0 saturated heterocycles. The number of carbonyl (C=O) groups is 1. The Morgan fingerprint density at radius 2 is 1.90 bits per heavy atom. The summed E-state index contributed by atoms with van der Waals surface area (Å²) in [6.45, 7) is 4.51. The lowest BCUT2D eigenvalue weighted by atomic mass is 10.2. The molecule has 0 aliphatic rings. The van der Waals surface area contributed by atoms with Gasteiger partial charge in [0.1, 0.15) is 11.3 Å². The molecule has 0 aliphatic heterocycles. The molecule has 0 bridgehead atoms. The zero-order valence-corrected chi connectivity index (χ0v) is 17.8. The van der Waals surface area contributed by atoms with Crippen molar-refractivity contribution in [3.05, 3.63) is 76.1 Å². The molecule has 0 radical (unpaired) electrons. The summed E-state index contributed by atoms with van der Waals surface area (Å²) in [5, 5.41) is 5.22. The van der Waals surface area contributed by atoms with Gasteiger partial charge in [0, 0.05) is 28.9 Å². The van der Waals surface area contributed by atoms with Crippen LogP contribution in [-0.4, -0.2) is 27.2 Å². The van der Waals surface area contributed by atoms with E-state index in [-0.39, 0.29) is 23.1 Å². The molecule has 5 nitrogen and oxygen atoms in total. The van der Waals surface area contributed by atoms with Gasteiger partial charge in [0.25, 0.3) is 5.91 Å². The topological polar surface area (TPSA) is 51.0 Å². The van der Waals surface area contributed by atoms with Gasteiger partial charge in [-0.05, 0) is 50.2 Å². The maximum Gasteiger partial charge on any atom is 0.260 e. The standard InChI is InChI=1S/C21H17ClF2N4OS/c1-12-9-13(2)28(26-12)8-7-27(20(29)14-3-5-15(22)6-4-14)21-25-19-17(24)10-16(23)11-18(19)30-21/h3-6,9-11H,7-8H2,1-2H3. The summed E-state index contributed by atoms with van der Waals surface area (Å²) >= 11 is 7.00. The molecule has 4 rings (SSSR count). The van der Waals surface area contributed by atoms with Gasteiger partial charge in [0.15, 0.2) is 10.9 Å². The highest BCUT2D eigenvalue weighted by Gasteiger charge is 2.23. The number of anilines is 1. The van der Waals surface area contributed by atoms with Gasteiger partial charge in [-0.25, -0.2) is 13.8 Å². The Hall–Kier alpha value is -2.84. The molecule has 2 aromatic carbocycles. The quantitative estimate of drug-likeness (QED) is 0.413. The molecule has 30 heavy (non-hydrogen) atoms. The number of thiazole rings is 1. The fourth-order valence-electron chi connectivity index (χ4n) is 3.19. The maximum atomic E-state index is 14.2. The van der Waals surface area contributed by atoms with Gasteiger partial charge in [-0.15, -0.1) is 0 Å². The number of hydrogen-bond acceptors (Lipinski definition) is 4. The van der Waals surface area contributed by atoms with Gasteiger partial charge < -0.3 is 0 Å². The van der Waals surface area contributed by atoms with Gasteiger partial charge in [-0.2, -0.15) is 5.10 Å². The minimum Gasteiger partial charge on any atom is -0.282 e. The third-order valence-electron chi connectivity index (χ3n) is 4.61. The summed E-state index contributed by atoms with van der Waals surface area (Å²) in [4.78, 5) is 19.0. The van der Waals surface area contributed by atoms with E-state index in [1.54, 1.807) is 28.9 Å². The van der Waals surface area contributed by atoms with Crippen LogP contribution in [0.1, 0.15) is 21.7 Å². The lowest BCUT2D eigenvalue weighted by Crippen LogP contribution is -2.34. The highest BCUT2D eigenvalue weighted by atomic mass is 35.5. The van der Waals surface area contributed by atoms with E-state index < -0.39 is 11.6 Å². The number of aryl methyl sites for hydroxylation is 2. The molecule has 0 spiro atoms. The molecule has 0 fully saturated rings. The van der Waals surface area contributed by atoms with E-state index in [1.165, 1.54) is 11.0 Å². The number of aromatic nitrogens is 3. The average molecular weight is 447 g/mol. The van der Waals surface area contributed by atoms with Crippen LogP contribution in [-0.2, 0) is 6.54 Å². The van der Waals surface area contributed by atoms with E-state index in [0.29, 0.717) is 21.8 Å². The largest absolute Gasteiger partial charge is 0.282 e. The van der Waals surface area contributed by atoms with E-state index in [0.717, 1.165) is 28.8 Å². The van der Waals surface area contributed by atoms with Crippen LogP contribution < -0.4 is 4.90 Å². The van der Waals surface area contributed by atoms with Crippen LogP contribution in [0.2, 0.25) is 5.02 Å². The van der Waals surface area contributed by atoms with Crippen LogP contribution in [0.4, 0.5) is 13.9 Å². The second kappa shape index (κ2) is 8.12. The van der Waals surface area contributed by atoms with E-state index in [1.807, 2.05) is 19.9 Å². The summed E-state index contributed by atoms with van der Waals surface area (Å²) in [5.74, 6) is -1.76. The van der Waals surface area contributed by atoms with Crippen molar-refractivity contribution >= 4 is 44.2 Å². The monoisotopic (exact) mass is 446 g/mol. The number of hydrogen-bond donors (Lipinski definition) is 0. The van der Waals surface area contributed by atoms with Crippen LogP contribution in [0.25, 0.3) is 10.2 Å². The SMILES string of the molecule is Cc1cc(C)n(CCN(C(=O)c2ccc(Cl)cc2)c2nc3c(F)cc(F)cc3s2)n1. The Morgan fingerprint density at radius 3 is 2.57 bits per heavy atom. The van der Waals surface area contributed by atoms with Crippen molar-refractivity contribution in [1.29, 1.82) is 0 Å². The third kappa shape index (κ3) is 4.06. The van der Waals surface area contributed by atoms with Crippen molar-refractivity contribution in [2.75, 3.05) is 11.4 Å². The molecule has 0 unspecified atom stereocenters. The summed E-state index contributed by atoms with van der Waals surface area (Å²) in [5.41, 5.74) is 2.29. The zero-order valence-electron chi connectivity index (χ0n) is 16.2. The van der Waals surface area contributed by atoms with Crippen molar-refractivity contribution in [2.45, 2.75) is 20.4 Å². The summed E-state index contributed by atoms with van der Waals surface area (Å²) in [6, 6.07) is 10.4. The zero-order chi connectivity index (χ0) is 21.4. The normalized spacial score (nSPS) is 11.2. The smallest absolute Gasteiger partial charge is 0.260 e. The van der Waals surface area contributed by atoms with Gasteiger partial charge in [0.05, 0.1) is 16.9 Å². The summed E-state index contributed by atoms with van der Waals surface area (Å²) < 4.78 is 29.9. The van der Waals surface area contributed by atoms with Crippen LogP contribution in [0.5, 0.6) is 0 Å². The van der Waals surface area contributed by atoms with Crippen LogP contribution >= 0.6 is 22.9 Å². The highest BCUT2D eigenvalue weighted by molar-refractivity contribution is 7.22. The first kappa shape index (κ1) is 20.4. The van der Waals surface area contributed by atoms with Gasteiger partial charge in [-0.1, -0.05) is 22.9 Å². The molecule has 0 atom stereocenters. The predicted molar refractivity (Wildman–Crippen MR) is 114 cm³/mol. The van der Waals surface area contributed by atoms with Crippen molar-refractivity contribution in [2.24, 2.45) is 0 Å². The van der Waals surface area contributed by atoms with E-state index in [2.05, 4.69) is 10.1 Å². The van der Waals surface area contributed by atoms with Crippen LogP contribution in [0.15, 0.2) is 42.5 Å². The molecular weight excluding hydrogens is 430 g/mol. The minimum absolute atomic E-state index is 0.0384. The predicted octanol–water partition coefficient (Wildman–Crippen LogP) is 5.39. The molecule has 0 N–H and O–H groups in total. The van der Waals surface area contributed by atoms with E-state index >= 15 is 0 Å². The summed E-state index contributed by atoms with van der Waals surface area (Å²) in [6.07, 6.45) is 0. The van der Waals surface area contributed by atoms with Crippen molar-refractivity contribution in [3.8, 4) is 0 Å². The molecule has 1 amide bonds. The molecule has 0 aliphatic carbocycles. The van der Waals surface area contributed by atoms with E-state index in [9.17, 15) is 13.6 Å². The summed E-state index contributed by atoms with van der Waals surface area (Å²) in [7, 11) is 0. The first-order chi connectivity index (χ1) is 14.3. The molecule has 2 heterocycles. The molecule has 2 aromatic heterocycles. The fourth-order valence-corrected chi connectivity index (χ4v) is 4.34. The van der Waals surface area contributed by atoms with Crippen LogP contribution in [0, 0.1) is 25.5 Å². The first-order valence-corrected chi connectivity index (χ1v) is 10.4. The number of benzene rings is 2. The molecule has 0 saturated carbocycles. The molecule has 154 valence electrons. The molecule has 4 aromatic rings. The number of fused-ring (bicyclic) bond motifs is 1. The number of nitrogens with zero attached hydrogens (tertiary/aromatic N) is 4. The Bertz CT molecular complexity index is 1240. The minimum atomic E-state index is -0.759. The maximum absolute atomic E-state index is 14.2. The molecule has 9 heteroatoms. The number of rotatable bonds is 5. The number of amides is 1. The number of halogens is 3. The van der Waals surface area contributed by atoms with Crippen LogP contribution in [0.3, 0.4) is 0 Å². The Morgan fingerprint density at radius 1 is 1.17 bits per heavy atom. The van der Waals surface area contributed by atoms with E-state index in [4.69, 9.17) is 11.6 Å². The fraction of sp³-hybridized carbons (Fsp3) is 0.190. The number of carbonyl (C=O) groups excluding carboxylic acids is 1. The van der Waals surface area contributed by atoms with Crippen molar-refractivity contribution in [1.82, 2.24) is 14.8 Å². The second-order valence-electron chi connectivity index (χ2n) is 6.84. The third-order valence-corrected chi connectivity index (χ3v) is 5.89. The second-order valence-corrected chi connectivity index (χ2v) is 8.29. The van der Waals surface area contributed by atoms with Crippen molar-refractivity contribution < 1.29 is 13.6 Å². The molecular formula is C21H17ClF2N4OS. The lowest BCUT2D eigenvalue weighted by molar-refractivity contribution is 0.0985. The van der Waals surface area contributed by atoms with Gasteiger partial charge in [0.2, 0.25) is 0 Å². The highest BCUT2D eigenvalue weighted by Crippen LogP contribution is 2.32. The van der Waals surface area contributed by atoms with Gasteiger partial charge >= 0.3 is 0 Å². The lowest BCUT2D eigenvalue weighted by Gasteiger charge is -2.20. The Kier molecular flexibility index (Phi) is 5.53. The average Bonchev–Trinajstić information content (AvgIpc) is 3.25. The Labute approximate surface area is 180 Å². The van der Waals surface area contributed by atoms with Gasteiger partial charge in [-0.3, -0.25) is 14.4 Å². The first-order valence-electron chi connectivity index (χ1n) is 9.16. The Balaban J connectivity index is 1.72. The van der Waals surface area contributed by atoms with Crippen molar-refractivity contribution in [3.63, 3.8) is 0 Å².